The summed E-state index contributed by atoms with van der Waals surface area (Å²) in [6.45, 7) is 2.61. The van der Waals surface area contributed by atoms with Crippen LogP contribution in [0.2, 0.25) is 0 Å². The fourth-order valence-corrected chi connectivity index (χ4v) is 4.22. The average Bonchev–Trinajstić information content (AvgIpc) is 2.69. The van der Waals surface area contributed by atoms with Crippen LogP contribution in [0.5, 0.6) is 5.75 Å². The molecular weight excluding hydrogens is 342 g/mol. The van der Waals surface area contributed by atoms with Crippen LogP contribution in [-0.4, -0.2) is 18.6 Å². The third-order valence-electron chi connectivity index (χ3n) is 4.70. The molecule has 0 radical (unpaired) electrons. The Hall–Kier alpha value is -1.94. The summed E-state index contributed by atoms with van der Waals surface area (Å²) in [6.07, 6.45) is 5.91. The molecule has 1 amide bonds. The number of rotatable bonds is 7. The maximum absolute atomic E-state index is 12.6. The first-order valence-electron chi connectivity index (χ1n) is 9.50. The minimum atomic E-state index is 0.0332. The highest BCUT2D eigenvalue weighted by molar-refractivity contribution is 7.98. The van der Waals surface area contributed by atoms with E-state index in [4.69, 9.17) is 4.74 Å². The van der Waals surface area contributed by atoms with Gasteiger partial charge < -0.3 is 10.1 Å². The monoisotopic (exact) mass is 369 g/mol. The molecule has 1 aliphatic rings. The van der Waals surface area contributed by atoms with Crippen molar-refractivity contribution in [2.75, 3.05) is 6.61 Å². The predicted octanol–water partition coefficient (Wildman–Crippen LogP) is 5.44. The topological polar surface area (TPSA) is 38.3 Å². The predicted molar refractivity (Wildman–Crippen MR) is 108 cm³/mol. The van der Waals surface area contributed by atoms with Gasteiger partial charge in [0, 0.05) is 27.8 Å². The van der Waals surface area contributed by atoms with Gasteiger partial charge in [-0.3, -0.25) is 4.79 Å². The van der Waals surface area contributed by atoms with Crippen LogP contribution in [0.1, 0.15) is 54.9 Å². The summed E-state index contributed by atoms with van der Waals surface area (Å²) in [4.78, 5) is 13.9. The van der Waals surface area contributed by atoms with E-state index in [0.717, 1.165) is 35.5 Å². The molecule has 138 valence electrons. The molecule has 4 heteroatoms. The molecule has 3 rings (SSSR count). The summed E-state index contributed by atoms with van der Waals surface area (Å²) in [7, 11) is 0. The van der Waals surface area contributed by atoms with E-state index in [-0.39, 0.29) is 5.91 Å². The van der Waals surface area contributed by atoms with Gasteiger partial charge in [0.25, 0.3) is 5.91 Å². The quantitative estimate of drug-likeness (QED) is 0.660. The number of carbonyl (C=O) groups is 1. The van der Waals surface area contributed by atoms with Crippen molar-refractivity contribution in [3.63, 3.8) is 0 Å². The molecule has 0 aliphatic heterocycles. The Morgan fingerprint density at radius 3 is 2.62 bits per heavy atom. The Kier molecular flexibility index (Phi) is 7.01. The number of amides is 1. The summed E-state index contributed by atoms with van der Waals surface area (Å²) in [6, 6.07) is 16.4. The van der Waals surface area contributed by atoms with Crippen molar-refractivity contribution in [3.8, 4) is 5.75 Å². The Bertz CT molecular complexity index is 711. The summed E-state index contributed by atoms with van der Waals surface area (Å²) >= 11 is 1.76. The zero-order valence-electron chi connectivity index (χ0n) is 15.4. The van der Waals surface area contributed by atoms with Crippen LogP contribution in [0, 0.1) is 0 Å². The SMILES string of the molecule is CCOc1ccc(C(=O)NC2CCCCC2)cc1CSc1ccccc1. The molecule has 0 bridgehead atoms. The van der Waals surface area contributed by atoms with Crippen LogP contribution in [0.25, 0.3) is 0 Å². The van der Waals surface area contributed by atoms with Crippen LogP contribution < -0.4 is 10.1 Å². The van der Waals surface area contributed by atoms with E-state index in [1.54, 1.807) is 11.8 Å². The number of carbonyl (C=O) groups excluding carboxylic acids is 1. The fourth-order valence-electron chi connectivity index (χ4n) is 3.32. The molecule has 0 spiro atoms. The number of thioether (sulfide) groups is 1. The molecular formula is C22H27NO2S. The molecule has 1 fully saturated rings. The summed E-state index contributed by atoms with van der Waals surface area (Å²) in [5.41, 5.74) is 1.79. The lowest BCUT2D eigenvalue weighted by atomic mass is 9.95. The van der Waals surface area contributed by atoms with E-state index in [9.17, 15) is 4.79 Å². The number of hydrogen-bond acceptors (Lipinski definition) is 3. The molecule has 2 aromatic carbocycles. The highest BCUT2D eigenvalue weighted by Gasteiger charge is 2.17. The van der Waals surface area contributed by atoms with Crippen LogP contribution in [-0.2, 0) is 5.75 Å². The van der Waals surface area contributed by atoms with Gasteiger partial charge in [-0.25, -0.2) is 0 Å². The largest absolute Gasteiger partial charge is 0.494 e. The van der Waals surface area contributed by atoms with Gasteiger partial charge in [-0.2, -0.15) is 0 Å². The lowest BCUT2D eigenvalue weighted by Crippen LogP contribution is -2.36. The van der Waals surface area contributed by atoms with Crippen LogP contribution in [0.15, 0.2) is 53.4 Å². The summed E-state index contributed by atoms with van der Waals surface area (Å²) < 4.78 is 5.77. The number of hydrogen-bond donors (Lipinski definition) is 1. The number of ether oxygens (including phenoxy) is 1. The minimum Gasteiger partial charge on any atom is -0.494 e. The summed E-state index contributed by atoms with van der Waals surface area (Å²) in [5, 5.41) is 3.20. The van der Waals surface area contributed by atoms with Crippen molar-refractivity contribution < 1.29 is 9.53 Å². The molecule has 2 aromatic rings. The normalized spacial score (nSPS) is 14.8. The second kappa shape index (κ2) is 9.67. The molecule has 0 heterocycles. The van der Waals surface area contributed by atoms with E-state index in [2.05, 4.69) is 17.4 Å². The van der Waals surface area contributed by atoms with Gasteiger partial charge >= 0.3 is 0 Å². The van der Waals surface area contributed by atoms with Gasteiger partial charge in [-0.1, -0.05) is 37.5 Å². The number of benzene rings is 2. The molecule has 1 N–H and O–H groups in total. The Morgan fingerprint density at radius 1 is 1.12 bits per heavy atom. The smallest absolute Gasteiger partial charge is 0.251 e. The molecule has 0 atom stereocenters. The van der Waals surface area contributed by atoms with Crippen LogP contribution in [0.4, 0.5) is 0 Å². The van der Waals surface area contributed by atoms with Crippen molar-refractivity contribution in [1.29, 1.82) is 0 Å². The second-order valence-electron chi connectivity index (χ2n) is 6.67. The Labute approximate surface area is 160 Å². The standard InChI is InChI=1S/C22H27NO2S/c1-2-25-21-14-13-17(22(24)23-19-9-5-3-6-10-19)15-18(21)16-26-20-11-7-4-8-12-20/h4,7-8,11-15,19H,2-3,5-6,9-10,16H2,1H3,(H,23,24). The second-order valence-corrected chi connectivity index (χ2v) is 7.71. The van der Waals surface area contributed by atoms with E-state index >= 15 is 0 Å². The highest BCUT2D eigenvalue weighted by atomic mass is 32.2. The number of nitrogens with one attached hydrogen (secondary N) is 1. The van der Waals surface area contributed by atoms with E-state index in [0.29, 0.717) is 12.6 Å². The lowest BCUT2D eigenvalue weighted by molar-refractivity contribution is 0.0927. The average molecular weight is 370 g/mol. The molecule has 26 heavy (non-hydrogen) atoms. The van der Waals surface area contributed by atoms with Crippen LogP contribution in [0.3, 0.4) is 0 Å². The third kappa shape index (κ3) is 5.28. The first kappa shape index (κ1) is 18.8. The lowest BCUT2D eigenvalue weighted by Gasteiger charge is -2.23. The van der Waals surface area contributed by atoms with E-state index in [1.807, 2.05) is 43.3 Å². The van der Waals surface area contributed by atoms with E-state index < -0.39 is 0 Å². The van der Waals surface area contributed by atoms with Gasteiger partial charge in [-0.15, -0.1) is 11.8 Å². The maximum atomic E-state index is 12.6. The highest BCUT2D eigenvalue weighted by Crippen LogP contribution is 2.29. The molecule has 0 aromatic heterocycles. The summed E-state index contributed by atoms with van der Waals surface area (Å²) in [5.74, 6) is 1.68. The van der Waals surface area contributed by atoms with Gasteiger partial charge in [0.2, 0.25) is 0 Å². The van der Waals surface area contributed by atoms with Gasteiger partial charge in [0.15, 0.2) is 0 Å². The van der Waals surface area contributed by atoms with Crippen molar-refractivity contribution in [2.45, 2.75) is 55.7 Å². The fraction of sp³-hybridized carbons (Fsp3) is 0.409. The molecule has 0 saturated heterocycles. The minimum absolute atomic E-state index is 0.0332. The first-order valence-corrected chi connectivity index (χ1v) is 10.5. The third-order valence-corrected chi connectivity index (χ3v) is 5.76. The van der Waals surface area contributed by atoms with Crippen LogP contribution >= 0.6 is 11.8 Å². The van der Waals surface area contributed by atoms with Crippen molar-refractivity contribution in [1.82, 2.24) is 5.32 Å². The molecule has 1 saturated carbocycles. The Balaban J connectivity index is 1.71. The van der Waals surface area contributed by atoms with Gasteiger partial charge in [-0.05, 0) is 50.1 Å². The van der Waals surface area contributed by atoms with Gasteiger partial charge in [0.1, 0.15) is 5.75 Å². The molecule has 3 nitrogen and oxygen atoms in total. The zero-order chi connectivity index (χ0) is 18.2. The van der Waals surface area contributed by atoms with E-state index in [1.165, 1.54) is 24.2 Å². The first-order chi connectivity index (χ1) is 12.8. The molecule has 0 unspecified atom stereocenters. The molecule has 1 aliphatic carbocycles. The van der Waals surface area contributed by atoms with Crippen molar-refractivity contribution in [2.24, 2.45) is 0 Å². The maximum Gasteiger partial charge on any atom is 0.251 e. The van der Waals surface area contributed by atoms with Gasteiger partial charge in [0.05, 0.1) is 6.61 Å². The Morgan fingerprint density at radius 2 is 1.88 bits per heavy atom. The zero-order valence-corrected chi connectivity index (χ0v) is 16.2. The van der Waals surface area contributed by atoms with Crippen molar-refractivity contribution in [3.05, 3.63) is 59.7 Å². The van der Waals surface area contributed by atoms with Crippen molar-refractivity contribution >= 4 is 17.7 Å².